The summed E-state index contributed by atoms with van der Waals surface area (Å²) in [6.45, 7) is 2.65. The summed E-state index contributed by atoms with van der Waals surface area (Å²) in [7, 11) is 0. The number of allylic oxidation sites excluding steroid dienone is 1. The summed E-state index contributed by atoms with van der Waals surface area (Å²) in [5.41, 5.74) is 5.12. The normalized spacial score (nSPS) is 20.6. The quantitative estimate of drug-likeness (QED) is 0.281. The molecule has 1 amide bonds. The molecule has 1 saturated carbocycles. The Morgan fingerprint density at radius 3 is 2.81 bits per heavy atom. The standard InChI is InChI=1S/C32H37N9O/c42-28(15-21-7-3-1-4-8-21)36-24-16-22(19-34-20-24)23-17-25-26(9-11-33-18-23)39-40-29(25)31-37-27-10-12-35-32(30(27)38-31)41-13-5-2-6-14-41/h9-10,12,16-21,33,39H,1-8,11,13-15H2,(H,36,42)(H,37,38)/b23-18+,25-17+,26-9-. The van der Waals surface area contributed by atoms with Crippen LogP contribution in [0.4, 0.5) is 11.5 Å². The van der Waals surface area contributed by atoms with Crippen LogP contribution in [0.25, 0.3) is 40.3 Å². The molecule has 0 unspecified atom stereocenters. The van der Waals surface area contributed by atoms with E-state index >= 15 is 0 Å². The molecule has 10 heteroatoms. The average Bonchev–Trinajstić information content (AvgIpc) is 3.61. The summed E-state index contributed by atoms with van der Waals surface area (Å²) < 4.78 is 0. The van der Waals surface area contributed by atoms with Crippen LogP contribution in [-0.4, -0.2) is 55.7 Å². The van der Waals surface area contributed by atoms with Crippen LogP contribution < -0.4 is 26.1 Å². The van der Waals surface area contributed by atoms with Crippen molar-refractivity contribution in [2.45, 2.75) is 57.8 Å². The fourth-order valence-corrected chi connectivity index (χ4v) is 6.44. The first-order valence-corrected chi connectivity index (χ1v) is 15.3. The Bertz CT molecular complexity index is 1740. The van der Waals surface area contributed by atoms with E-state index in [0.717, 1.165) is 70.2 Å². The lowest BCUT2D eigenvalue weighted by atomic mass is 9.87. The number of carbonyl (C=O) groups is 1. The fourth-order valence-electron chi connectivity index (χ4n) is 6.44. The first kappa shape index (κ1) is 26.4. The van der Waals surface area contributed by atoms with Gasteiger partial charge in [-0.25, -0.2) is 9.97 Å². The van der Waals surface area contributed by atoms with Gasteiger partial charge in [-0.15, -0.1) is 0 Å². The Labute approximate surface area is 244 Å². The zero-order valence-electron chi connectivity index (χ0n) is 23.8. The van der Waals surface area contributed by atoms with Crippen LogP contribution in [-0.2, 0) is 4.79 Å². The highest BCUT2D eigenvalue weighted by atomic mass is 16.1. The lowest BCUT2D eigenvalue weighted by Crippen LogP contribution is -2.30. The Morgan fingerprint density at radius 2 is 1.93 bits per heavy atom. The maximum absolute atomic E-state index is 12.8. The van der Waals surface area contributed by atoms with Gasteiger partial charge in [-0.2, -0.15) is 5.10 Å². The molecule has 4 aromatic heterocycles. The van der Waals surface area contributed by atoms with Crippen LogP contribution in [0.2, 0.25) is 0 Å². The molecule has 10 nitrogen and oxygen atoms in total. The summed E-state index contributed by atoms with van der Waals surface area (Å²) in [6.07, 6.45) is 21.8. The van der Waals surface area contributed by atoms with E-state index < -0.39 is 0 Å². The van der Waals surface area contributed by atoms with Gasteiger partial charge in [-0.05, 0) is 67.9 Å². The molecule has 42 heavy (non-hydrogen) atoms. The molecule has 0 atom stereocenters. The Hall–Kier alpha value is -4.47. The second kappa shape index (κ2) is 11.8. The van der Waals surface area contributed by atoms with Crippen LogP contribution in [0.5, 0.6) is 0 Å². The summed E-state index contributed by atoms with van der Waals surface area (Å²) >= 11 is 0. The van der Waals surface area contributed by atoms with Gasteiger partial charge >= 0.3 is 0 Å². The van der Waals surface area contributed by atoms with Gasteiger partial charge in [-0.3, -0.25) is 14.9 Å². The van der Waals surface area contributed by atoms with E-state index in [1.807, 2.05) is 30.7 Å². The molecule has 1 aliphatic carbocycles. The maximum atomic E-state index is 12.8. The van der Waals surface area contributed by atoms with E-state index in [-0.39, 0.29) is 5.91 Å². The summed E-state index contributed by atoms with van der Waals surface area (Å²) in [6, 6.07) is 3.96. The van der Waals surface area contributed by atoms with Crippen LogP contribution >= 0.6 is 0 Å². The van der Waals surface area contributed by atoms with E-state index in [4.69, 9.17) is 9.97 Å². The minimum Gasteiger partial charge on any atom is -0.387 e. The maximum Gasteiger partial charge on any atom is 0.224 e. The molecule has 4 aromatic rings. The third kappa shape index (κ3) is 5.53. The first-order chi connectivity index (χ1) is 20.7. The second-order valence-electron chi connectivity index (χ2n) is 11.6. The molecule has 4 N–H and O–H groups in total. The van der Waals surface area contributed by atoms with Crippen molar-refractivity contribution in [3.05, 3.63) is 53.1 Å². The molecule has 0 spiro atoms. The van der Waals surface area contributed by atoms with Gasteiger partial charge in [0.1, 0.15) is 11.2 Å². The molecule has 0 radical (unpaired) electrons. The van der Waals surface area contributed by atoms with Crippen LogP contribution in [0, 0.1) is 5.92 Å². The van der Waals surface area contributed by atoms with Gasteiger partial charge in [0.2, 0.25) is 5.91 Å². The number of aromatic amines is 2. The molecule has 1 saturated heterocycles. The summed E-state index contributed by atoms with van der Waals surface area (Å²) in [4.78, 5) is 32.8. The molecule has 0 aromatic carbocycles. The summed E-state index contributed by atoms with van der Waals surface area (Å²) in [5.74, 6) is 2.18. The van der Waals surface area contributed by atoms with Crippen molar-refractivity contribution in [2.75, 3.05) is 29.9 Å². The van der Waals surface area contributed by atoms with Crippen LogP contribution in [0.15, 0.2) is 36.9 Å². The van der Waals surface area contributed by atoms with Crippen molar-refractivity contribution >= 4 is 46.2 Å². The molecule has 2 fully saturated rings. The van der Waals surface area contributed by atoms with Crippen LogP contribution in [0.3, 0.4) is 0 Å². The predicted octanol–water partition coefficient (Wildman–Crippen LogP) is 3.85. The number of fused-ring (bicyclic) bond motifs is 2. The largest absolute Gasteiger partial charge is 0.387 e. The second-order valence-corrected chi connectivity index (χ2v) is 11.6. The van der Waals surface area contributed by atoms with Gasteiger partial charge in [0.15, 0.2) is 11.6 Å². The van der Waals surface area contributed by atoms with Gasteiger partial charge in [0.05, 0.1) is 22.8 Å². The first-order valence-electron chi connectivity index (χ1n) is 15.3. The molecular formula is C32H37N9O. The number of nitrogens with zero attached hydrogens (tertiary/aromatic N) is 5. The number of amides is 1. The number of piperidine rings is 1. The van der Waals surface area contributed by atoms with Crippen molar-refractivity contribution in [3.63, 3.8) is 0 Å². The molecule has 6 heterocycles. The van der Waals surface area contributed by atoms with Crippen molar-refractivity contribution in [2.24, 2.45) is 5.92 Å². The minimum absolute atomic E-state index is 0.0619. The number of nitrogens with one attached hydrogen (secondary N) is 4. The van der Waals surface area contributed by atoms with E-state index in [9.17, 15) is 4.79 Å². The number of H-pyrrole nitrogens is 2. The van der Waals surface area contributed by atoms with E-state index in [0.29, 0.717) is 30.4 Å². The number of imidazole rings is 1. The van der Waals surface area contributed by atoms with E-state index in [2.05, 4.69) is 47.9 Å². The SMILES string of the molecule is O=C(CC1CCCCC1)Nc1cncc(C2=C\NC\C=c3/[nH]nc(-c4nc5c(N6CCCCC6)nccc5[nH]4)/c3=C/2)c1. The molecule has 216 valence electrons. The van der Waals surface area contributed by atoms with Gasteiger partial charge < -0.3 is 20.5 Å². The number of hydrogen-bond acceptors (Lipinski definition) is 7. The van der Waals surface area contributed by atoms with Crippen molar-refractivity contribution < 1.29 is 4.79 Å². The summed E-state index contributed by atoms with van der Waals surface area (Å²) in [5, 5.41) is 16.2. The number of pyridine rings is 2. The Morgan fingerprint density at radius 1 is 1.07 bits per heavy atom. The monoisotopic (exact) mass is 563 g/mol. The topological polar surface area (TPSA) is 128 Å². The highest BCUT2D eigenvalue weighted by Crippen LogP contribution is 2.28. The molecule has 7 rings (SSSR count). The number of rotatable bonds is 6. The highest BCUT2D eigenvalue weighted by Gasteiger charge is 2.20. The lowest BCUT2D eigenvalue weighted by Gasteiger charge is -2.27. The number of anilines is 2. The lowest BCUT2D eigenvalue weighted by molar-refractivity contribution is -0.117. The molecular weight excluding hydrogens is 526 g/mol. The zero-order valence-corrected chi connectivity index (χ0v) is 23.8. The van der Waals surface area contributed by atoms with Crippen LogP contribution in [0.1, 0.15) is 63.4 Å². The highest BCUT2D eigenvalue weighted by molar-refractivity contribution is 5.94. The van der Waals surface area contributed by atoms with Crippen molar-refractivity contribution in [1.29, 1.82) is 0 Å². The van der Waals surface area contributed by atoms with Gasteiger partial charge in [0, 0.05) is 55.4 Å². The predicted molar refractivity (Wildman–Crippen MR) is 166 cm³/mol. The number of carbonyl (C=O) groups excluding carboxylic acids is 1. The van der Waals surface area contributed by atoms with E-state index in [1.165, 1.54) is 38.5 Å². The van der Waals surface area contributed by atoms with Crippen molar-refractivity contribution in [3.8, 4) is 11.5 Å². The number of aromatic nitrogens is 6. The molecule has 3 aliphatic rings. The Balaban J connectivity index is 1.20. The van der Waals surface area contributed by atoms with E-state index in [1.54, 1.807) is 6.20 Å². The average molecular weight is 564 g/mol. The molecule has 2 aliphatic heterocycles. The van der Waals surface area contributed by atoms with Crippen molar-refractivity contribution in [1.82, 2.24) is 35.5 Å². The smallest absolute Gasteiger partial charge is 0.224 e. The van der Waals surface area contributed by atoms with Gasteiger partial charge in [-0.1, -0.05) is 19.3 Å². The number of hydrogen-bond donors (Lipinski definition) is 4. The Kier molecular flexibility index (Phi) is 7.42. The third-order valence-corrected chi connectivity index (χ3v) is 8.63. The van der Waals surface area contributed by atoms with Gasteiger partial charge in [0.25, 0.3) is 0 Å². The fraction of sp³-hybridized carbons (Fsp3) is 0.406. The minimum atomic E-state index is 0.0619. The molecule has 0 bridgehead atoms. The third-order valence-electron chi connectivity index (χ3n) is 8.63. The zero-order chi connectivity index (χ0) is 28.3.